The van der Waals surface area contributed by atoms with Crippen LogP contribution in [-0.4, -0.2) is 43.8 Å². The Morgan fingerprint density at radius 2 is 1.81 bits per heavy atom. The van der Waals surface area contributed by atoms with E-state index in [-0.39, 0.29) is 5.91 Å². The molecular formula is C21H26N4O2+2. The number of hydrogen-bond donors (Lipinski definition) is 3. The van der Waals surface area contributed by atoms with E-state index in [0.717, 1.165) is 32.7 Å². The van der Waals surface area contributed by atoms with Crippen molar-refractivity contribution in [1.29, 1.82) is 0 Å². The second-order valence-electron chi connectivity index (χ2n) is 7.36. The number of nitrogens with zero attached hydrogens (tertiary/aromatic N) is 1. The van der Waals surface area contributed by atoms with Gasteiger partial charge in [-0.3, -0.25) is 4.79 Å². The maximum atomic E-state index is 12.2. The molecule has 1 fully saturated rings. The van der Waals surface area contributed by atoms with Crippen LogP contribution < -0.4 is 15.1 Å². The maximum absolute atomic E-state index is 12.2. The molecule has 140 valence electrons. The van der Waals surface area contributed by atoms with Crippen molar-refractivity contribution in [1.82, 2.24) is 5.16 Å². The standard InChI is InChI=1S/C21H24N4O2/c1-16-13-20(23-27-16)22-21(26)15-25-11-9-24(10-12-25)14-18-7-4-6-17-5-2-3-8-19(17)18/h2-8,13H,9-12,14-15H2,1H3,(H,22,23,26)/p+2. The third kappa shape index (κ3) is 4.35. The van der Waals surface area contributed by atoms with Gasteiger partial charge in [-0.1, -0.05) is 47.6 Å². The molecule has 1 saturated heterocycles. The average Bonchev–Trinajstić information content (AvgIpc) is 3.08. The Bertz CT molecular complexity index is 923. The van der Waals surface area contributed by atoms with Gasteiger partial charge in [0.15, 0.2) is 12.4 Å². The highest BCUT2D eigenvalue weighted by molar-refractivity contribution is 5.90. The summed E-state index contributed by atoms with van der Waals surface area (Å²) in [6.45, 7) is 7.50. The van der Waals surface area contributed by atoms with Crippen molar-refractivity contribution in [2.24, 2.45) is 0 Å². The quantitative estimate of drug-likeness (QED) is 0.598. The van der Waals surface area contributed by atoms with E-state index in [1.807, 2.05) is 6.92 Å². The minimum absolute atomic E-state index is 0.00389. The average molecular weight is 366 g/mol. The molecule has 1 amide bonds. The monoisotopic (exact) mass is 366 g/mol. The number of benzene rings is 2. The first-order chi connectivity index (χ1) is 13.2. The number of hydrogen-bond acceptors (Lipinski definition) is 3. The molecule has 0 spiro atoms. The Morgan fingerprint density at radius 3 is 2.59 bits per heavy atom. The van der Waals surface area contributed by atoms with Gasteiger partial charge in [-0.2, -0.15) is 0 Å². The smallest absolute Gasteiger partial charge is 0.280 e. The van der Waals surface area contributed by atoms with E-state index in [0.29, 0.717) is 18.1 Å². The number of rotatable bonds is 5. The van der Waals surface area contributed by atoms with Crippen molar-refractivity contribution in [3.63, 3.8) is 0 Å². The lowest BCUT2D eigenvalue weighted by atomic mass is 10.0. The Hall–Kier alpha value is -2.70. The van der Waals surface area contributed by atoms with Gasteiger partial charge in [0.25, 0.3) is 5.91 Å². The van der Waals surface area contributed by atoms with E-state index in [9.17, 15) is 4.79 Å². The number of amides is 1. The lowest BCUT2D eigenvalue weighted by Crippen LogP contribution is -3.28. The summed E-state index contributed by atoms with van der Waals surface area (Å²) in [6, 6.07) is 16.9. The van der Waals surface area contributed by atoms with Crippen LogP contribution in [0.3, 0.4) is 0 Å². The minimum Gasteiger partial charge on any atom is -0.360 e. The van der Waals surface area contributed by atoms with Gasteiger partial charge in [-0.15, -0.1) is 0 Å². The van der Waals surface area contributed by atoms with Crippen LogP contribution in [0, 0.1) is 6.92 Å². The summed E-state index contributed by atoms with van der Waals surface area (Å²) in [6.07, 6.45) is 0. The zero-order valence-corrected chi connectivity index (χ0v) is 15.6. The van der Waals surface area contributed by atoms with Gasteiger partial charge in [-0.05, 0) is 17.7 Å². The molecule has 1 aliphatic rings. The fourth-order valence-corrected chi connectivity index (χ4v) is 3.87. The van der Waals surface area contributed by atoms with Gasteiger partial charge in [-0.25, -0.2) is 0 Å². The highest BCUT2D eigenvalue weighted by atomic mass is 16.5. The number of piperazine rings is 1. The van der Waals surface area contributed by atoms with Gasteiger partial charge >= 0.3 is 0 Å². The Balaban J connectivity index is 1.29. The van der Waals surface area contributed by atoms with Crippen molar-refractivity contribution in [3.05, 3.63) is 59.9 Å². The number of carbonyl (C=O) groups is 1. The molecule has 0 unspecified atom stereocenters. The molecule has 0 atom stereocenters. The zero-order valence-electron chi connectivity index (χ0n) is 15.6. The van der Waals surface area contributed by atoms with Gasteiger partial charge in [0.05, 0.1) is 0 Å². The number of aryl methyl sites for hydroxylation is 1. The van der Waals surface area contributed by atoms with E-state index in [1.54, 1.807) is 11.0 Å². The van der Waals surface area contributed by atoms with Gasteiger partial charge in [0.1, 0.15) is 38.5 Å². The molecule has 0 bridgehead atoms. The molecule has 27 heavy (non-hydrogen) atoms. The highest BCUT2D eigenvalue weighted by Gasteiger charge is 2.25. The summed E-state index contributed by atoms with van der Waals surface area (Å²) in [7, 11) is 0. The SMILES string of the molecule is Cc1cc(NC(=O)C[NH+]2CC[NH+](Cc3cccc4ccccc34)CC2)no1. The summed E-state index contributed by atoms with van der Waals surface area (Å²) in [5, 5.41) is 9.28. The lowest BCUT2D eigenvalue weighted by Gasteiger charge is -2.29. The maximum Gasteiger partial charge on any atom is 0.280 e. The van der Waals surface area contributed by atoms with Crippen LogP contribution in [0.5, 0.6) is 0 Å². The van der Waals surface area contributed by atoms with Crippen molar-refractivity contribution in [2.75, 3.05) is 38.0 Å². The van der Waals surface area contributed by atoms with E-state index in [4.69, 9.17) is 4.52 Å². The number of quaternary nitrogens is 2. The van der Waals surface area contributed by atoms with Crippen LogP contribution in [0.25, 0.3) is 10.8 Å². The van der Waals surface area contributed by atoms with Crippen molar-refractivity contribution >= 4 is 22.5 Å². The van der Waals surface area contributed by atoms with E-state index in [2.05, 4.69) is 52.9 Å². The highest BCUT2D eigenvalue weighted by Crippen LogP contribution is 2.17. The first kappa shape index (κ1) is 17.7. The lowest BCUT2D eigenvalue weighted by molar-refractivity contribution is -1.01. The van der Waals surface area contributed by atoms with E-state index < -0.39 is 0 Å². The van der Waals surface area contributed by atoms with Crippen LogP contribution >= 0.6 is 0 Å². The zero-order chi connectivity index (χ0) is 18.6. The topological polar surface area (TPSA) is 64.0 Å². The second kappa shape index (κ2) is 7.90. The molecule has 0 aliphatic carbocycles. The molecule has 0 saturated carbocycles. The largest absolute Gasteiger partial charge is 0.360 e. The molecule has 6 heteroatoms. The molecule has 1 aromatic heterocycles. The molecule has 2 heterocycles. The Labute approximate surface area is 158 Å². The van der Waals surface area contributed by atoms with Gasteiger partial charge in [0, 0.05) is 11.6 Å². The van der Waals surface area contributed by atoms with Crippen molar-refractivity contribution in [3.8, 4) is 0 Å². The predicted molar refractivity (Wildman–Crippen MR) is 104 cm³/mol. The number of fused-ring (bicyclic) bond motifs is 1. The molecule has 3 N–H and O–H groups in total. The molecule has 3 aromatic rings. The van der Waals surface area contributed by atoms with Crippen LogP contribution in [0.2, 0.25) is 0 Å². The Morgan fingerprint density at radius 1 is 1.07 bits per heavy atom. The third-order valence-corrected chi connectivity index (χ3v) is 5.29. The normalized spacial score (nSPS) is 19.9. The summed E-state index contributed by atoms with van der Waals surface area (Å²) in [5.74, 6) is 1.19. The molecule has 2 aromatic carbocycles. The van der Waals surface area contributed by atoms with Crippen molar-refractivity contribution in [2.45, 2.75) is 13.5 Å². The van der Waals surface area contributed by atoms with Gasteiger partial charge < -0.3 is 19.6 Å². The summed E-state index contributed by atoms with van der Waals surface area (Å²) >= 11 is 0. The first-order valence-electron chi connectivity index (χ1n) is 9.54. The van der Waals surface area contributed by atoms with Crippen molar-refractivity contribution < 1.29 is 19.1 Å². The summed E-state index contributed by atoms with van der Waals surface area (Å²) in [5.41, 5.74) is 1.41. The van der Waals surface area contributed by atoms with E-state index >= 15 is 0 Å². The van der Waals surface area contributed by atoms with Crippen LogP contribution in [-0.2, 0) is 11.3 Å². The van der Waals surface area contributed by atoms with E-state index in [1.165, 1.54) is 21.2 Å². The third-order valence-electron chi connectivity index (χ3n) is 5.29. The fraction of sp³-hybridized carbons (Fsp3) is 0.333. The molecular weight excluding hydrogens is 340 g/mol. The Kier molecular flexibility index (Phi) is 5.18. The molecule has 1 aliphatic heterocycles. The van der Waals surface area contributed by atoms with Crippen LogP contribution in [0.15, 0.2) is 53.1 Å². The summed E-state index contributed by atoms with van der Waals surface area (Å²) < 4.78 is 4.98. The predicted octanol–water partition coefficient (Wildman–Crippen LogP) is 0.0583. The van der Waals surface area contributed by atoms with Crippen LogP contribution in [0.4, 0.5) is 5.82 Å². The number of anilines is 1. The second-order valence-corrected chi connectivity index (χ2v) is 7.36. The molecule has 0 radical (unpaired) electrons. The van der Waals surface area contributed by atoms with Gasteiger partial charge in [0.2, 0.25) is 0 Å². The summed E-state index contributed by atoms with van der Waals surface area (Å²) in [4.78, 5) is 15.1. The number of aromatic nitrogens is 1. The first-order valence-corrected chi connectivity index (χ1v) is 9.54. The number of carbonyl (C=O) groups excluding carboxylic acids is 1. The molecule has 6 nitrogen and oxygen atoms in total. The number of nitrogens with one attached hydrogen (secondary N) is 3. The van der Waals surface area contributed by atoms with Crippen LogP contribution in [0.1, 0.15) is 11.3 Å². The fourth-order valence-electron chi connectivity index (χ4n) is 3.87. The molecule has 4 rings (SSSR count). The minimum atomic E-state index is -0.00389.